The van der Waals surface area contributed by atoms with Crippen LogP contribution >= 0.6 is 59.1 Å². The number of para-hydroxylation sites is 1. The van der Waals surface area contributed by atoms with Gasteiger partial charge in [-0.05, 0) is 72.1 Å². The van der Waals surface area contributed by atoms with E-state index < -0.39 is 0 Å². The van der Waals surface area contributed by atoms with Crippen LogP contribution in [-0.2, 0) is 6.54 Å². The van der Waals surface area contributed by atoms with Crippen molar-refractivity contribution in [1.29, 1.82) is 0 Å². The number of thiophene rings is 1. The molecule has 0 aliphatic heterocycles. The molecule has 0 unspecified atom stereocenters. The Hall–Kier alpha value is 0.160. The molecule has 0 saturated carbocycles. The highest BCUT2D eigenvalue weighted by Gasteiger charge is 2.04. The molecule has 0 amide bonds. The molecule has 84 valence electrons. The molecule has 0 aliphatic rings. The summed E-state index contributed by atoms with van der Waals surface area (Å²) in [6.07, 6.45) is 0. The van der Waals surface area contributed by atoms with Crippen LogP contribution in [0.5, 0.6) is 0 Å². The van der Waals surface area contributed by atoms with Gasteiger partial charge in [0.05, 0.1) is 9.47 Å². The summed E-state index contributed by atoms with van der Waals surface area (Å²) < 4.78 is 3.30. The minimum absolute atomic E-state index is 0.831. The van der Waals surface area contributed by atoms with Crippen molar-refractivity contribution in [2.75, 3.05) is 5.32 Å². The maximum atomic E-state index is 3.53. The number of benzene rings is 1. The molecule has 0 saturated heterocycles. The van der Waals surface area contributed by atoms with Gasteiger partial charge >= 0.3 is 0 Å². The highest BCUT2D eigenvalue weighted by atomic mass is 79.9. The number of hydrogen-bond donors (Lipinski definition) is 1. The fourth-order valence-corrected chi connectivity index (χ4v) is 3.99. The number of anilines is 1. The molecule has 0 spiro atoms. The number of hydrogen-bond acceptors (Lipinski definition) is 2. The number of halogens is 3. The van der Waals surface area contributed by atoms with Gasteiger partial charge < -0.3 is 5.32 Å². The molecule has 2 aromatic rings. The lowest BCUT2D eigenvalue weighted by Gasteiger charge is -2.09. The zero-order valence-corrected chi connectivity index (χ0v) is 13.7. The van der Waals surface area contributed by atoms with Crippen molar-refractivity contribution in [1.82, 2.24) is 0 Å². The van der Waals surface area contributed by atoms with E-state index in [9.17, 15) is 0 Å². The molecule has 1 heterocycles. The second-order valence-corrected chi connectivity index (χ2v) is 7.41. The van der Waals surface area contributed by atoms with Gasteiger partial charge in [0, 0.05) is 20.4 Å². The summed E-state index contributed by atoms with van der Waals surface area (Å²) in [5.41, 5.74) is 1.09. The van der Waals surface area contributed by atoms with Crippen LogP contribution in [0.2, 0.25) is 0 Å². The smallest absolute Gasteiger partial charge is 0.0702 e. The summed E-state index contributed by atoms with van der Waals surface area (Å²) in [4.78, 5) is 1.30. The van der Waals surface area contributed by atoms with Gasteiger partial charge in [-0.2, -0.15) is 0 Å². The largest absolute Gasteiger partial charge is 0.378 e. The first-order chi connectivity index (χ1) is 7.66. The first-order valence-corrected chi connectivity index (χ1v) is 7.78. The van der Waals surface area contributed by atoms with Gasteiger partial charge in [-0.15, -0.1) is 11.3 Å². The topological polar surface area (TPSA) is 12.0 Å². The van der Waals surface area contributed by atoms with Gasteiger partial charge in [-0.25, -0.2) is 0 Å². The van der Waals surface area contributed by atoms with Gasteiger partial charge in [-0.3, -0.25) is 0 Å². The molecule has 5 heteroatoms. The molecule has 1 N–H and O–H groups in total. The average Bonchev–Trinajstić information content (AvgIpc) is 2.63. The highest BCUT2D eigenvalue weighted by Crippen LogP contribution is 2.31. The van der Waals surface area contributed by atoms with Crippen molar-refractivity contribution in [2.24, 2.45) is 0 Å². The molecule has 1 aromatic heterocycles. The molecule has 1 nitrogen and oxygen atoms in total. The van der Waals surface area contributed by atoms with E-state index in [0.29, 0.717) is 0 Å². The van der Waals surface area contributed by atoms with E-state index in [4.69, 9.17) is 0 Å². The normalized spacial score (nSPS) is 10.4. The SMILES string of the molecule is Brc1ccc(CNc2c(Br)cccc2Br)s1. The third kappa shape index (κ3) is 3.09. The summed E-state index contributed by atoms with van der Waals surface area (Å²) in [5.74, 6) is 0. The van der Waals surface area contributed by atoms with Crippen molar-refractivity contribution in [3.05, 3.63) is 47.9 Å². The predicted octanol–water partition coefficient (Wildman–Crippen LogP) is 5.65. The van der Waals surface area contributed by atoms with Crippen molar-refractivity contribution in [3.8, 4) is 0 Å². The quantitative estimate of drug-likeness (QED) is 0.670. The first kappa shape index (κ1) is 12.6. The van der Waals surface area contributed by atoms with Gasteiger partial charge in [0.2, 0.25) is 0 Å². The molecular formula is C11H8Br3NS. The lowest BCUT2D eigenvalue weighted by molar-refractivity contribution is 1.18. The van der Waals surface area contributed by atoms with Gasteiger partial charge in [0.1, 0.15) is 0 Å². The Labute approximate surface area is 124 Å². The fourth-order valence-electron chi connectivity index (χ4n) is 1.29. The van der Waals surface area contributed by atoms with E-state index in [1.807, 2.05) is 18.2 Å². The molecule has 0 bridgehead atoms. The van der Waals surface area contributed by atoms with E-state index in [0.717, 1.165) is 25.0 Å². The van der Waals surface area contributed by atoms with Crippen molar-refractivity contribution < 1.29 is 0 Å². The predicted molar refractivity (Wildman–Crippen MR) is 81.2 cm³/mol. The van der Waals surface area contributed by atoms with Crippen LogP contribution in [0.1, 0.15) is 4.88 Å². The monoisotopic (exact) mass is 423 g/mol. The van der Waals surface area contributed by atoms with Gasteiger partial charge in [0.25, 0.3) is 0 Å². The Morgan fingerprint density at radius 2 is 1.69 bits per heavy atom. The highest BCUT2D eigenvalue weighted by molar-refractivity contribution is 9.11. The van der Waals surface area contributed by atoms with Crippen molar-refractivity contribution in [3.63, 3.8) is 0 Å². The van der Waals surface area contributed by atoms with Gasteiger partial charge in [0.15, 0.2) is 0 Å². The summed E-state index contributed by atoms with van der Waals surface area (Å²) >= 11 is 12.3. The molecule has 0 radical (unpaired) electrons. The third-order valence-corrected chi connectivity index (χ3v) is 4.98. The third-order valence-electron chi connectivity index (χ3n) is 2.03. The maximum absolute atomic E-state index is 3.53. The summed E-state index contributed by atoms with van der Waals surface area (Å²) in [6, 6.07) is 10.2. The first-order valence-electron chi connectivity index (χ1n) is 4.59. The lowest BCUT2D eigenvalue weighted by atomic mass is 10.3. The number of rotatable bonds is 3. The molecule has 2 rings (SSSR count). The minimum atomic E-state index is 0.831. The van der Waals surface area contributed by atoms with Crippen LogP contribution < -0.4 is 5.32 Å². The second kappa shape index (κ2) is 5.67. The van der Waals surface area contributed by atoms with Crippen LogP contribution in [0.15, 0.2) is 43.1 Å². The average molecular weight is 426 g/mol. The number of nitrogens with one attached hydrogen (secondary N) is 1. The van der Waals surface area contributed by atoms with Crippen LogP contribution in [0.3, 0.4) is 0 Å². The van der Waals surface area contributed by atoms with Gasteiger partial charge in [-0.1, -0.05) is 6.07 Å². The van der Waals surface area contributed by atoms with E-state index in [2.05, 4.69) is 65.2 Å². The minimum Gasteiger partial charge on any atom is -0.378 e. The molecule has 16 heavy (non-hydrogen) atoms. The van der Waals surface area contributed by atoms with E-state index in [1.54, 1.807) is 11.3 Å². The van der Waals surface area contributed by atoms with E-state index in [1.165, 1.54) is 4.88 Å². The summed E-state index contributed by atoms with van der Waals surface area (Å²) in [5, 5.41) is 3.41. The van der Waals surface area contributed by atoms with E-state index in [-0.39, 0.29) is 0 Å². The zero-order chi connectivity index (χ0) is 11.5. The lowest BCUT2D eigenvalue weighted by Crippen LogP contribution is -1.98. The Bertz CT molecular complexity index is 475. The Morgan fingerprint density at radius 3 is 2.25 bits per heavy atom. The van der Waals surface area contributed by atoms with Crippen LogP contribution in [-0.4, -0.2) is 0 Å². The Morgan fingerprint density at radius 1 is 1.00 bits per heavy atom. The zero-order valence-electron chi connectivity index (χ0n) is 8.14. The molecule has 0 atom stereocenters. The van der Waals surface area contributed by atoms with E-state index >= 15 is 0 Å². The molecule has 1 aromatic carbocycles. The van der Waals surface area contributed by atoms with Crippen molar-refractivity contribution >= 4 is 64.8 Å². The molecular weight excluding hydrogens is 418 g/mol. The maximum Gasteiger partial charge on any atom is 0.0702 e. The molecule has 0 aliphatic carbocycles. The standard InChI is InChI=1S/C11H8Br3NS/c12-8-2-1-3-9(13)11(8)15-6-7-4-5-10(14)16-7/h1-5,15H,6H2. The van der Waals surface area contributed by atoms with Crippen LogP contribution in [0, 0.1) is 0 Å². The van der Waals surface area contributed by atoms with Crippen LogP contribution in [0.4, 0.5) is 5.69 Å². The Balaban J connectivity index is 2.10. The van der Waals surface area contributed by atoms with Crippen molar-refractivity contribution in [2.45, 2.75) is 6.54 Å². The Kier molecular flexibility index (Phi) is 4.47. The summed E-state index contributed by atoms with van der Waals surface area (Å²) in [6.45, 7) is 0.831. The summed E-state index contributed by atoms with van der Waals surface area (Å²) in [7, 11) is 0. The molecule has 0 fully saturated rings. The second-order valence-electron chi connectivity index (χ2n) is 3.16. The van der Waals surface area contributed by atoms with Crippen LogP contribution in [0.25, 0.3) is 0 Å². The fraction of sp³-hybridized carbons (Fsp3) is 0.0909.